The van der Waals surface area contributed by atoms with Crippen LogP contribution < -0.4 is 0 Å². The summed E-state index contributed by atoms with van der Waals surface area (Å²) in [5, 5.41) is -0.0469. The normalized spacial score (nSPS) is 13.7. The van der Waals surface area contributed by atoms with E-state index in [9.17, 15) is 17.6 Å². The monoisotopic (exact) mass is 282 g/mol. The molecule has 0 aliphatic carbocycles. The smallest absolute Gasteiger partial charge is 0.206 e. The first-order valence-electron chi connectivity index (χ1n) is 5.84. The molecule has 0 bridgehead atoms. The van der Waals surface area contributed by atoms with Crippen molar-refractivity contribution in [2.45, 2.75) is 44.2 Å². The van der Waals surface area contributed by atoms with Crippen molar-refractivity contribution in [1.29, 1.82) is 0 Å². The van der Waals surface area contributed by atoms with Gasteiger partial charge >= 0.3 is 6.18 Å². The molecule has 1 rings (SSSR count). The highest BCUT2D eigenvalue weighted by Gasteiger charge is 2.34. The van der Waals surface area contributed by atoms with Crippen molar-refractivity contribution in [1.82, 2.24) is 0 Å². The van der Waals surface area contributed by atoms with E-state index in [0.29, 0.717) is 18.4 Å². The Labute approximate surface area is 109 Å². The van der Waals surface area contributed by atoms with Gasteiger partial charge < -0.3 is 0 Å². The van der Waals surface area contributed by atoms with Gasteiger partial charge in [0.15, 0.2) is 0 Å². The van der Waals surface area contributed by atoms with E-state index in [1.807, 2.05) is 6.92 Å². The van der Waals surface area contributed by atoms with Crippen LogP contribution in [0, 0.1) is 5.82 Å². The molecular weight excluding hydrogens is 268 g/mol. The predicted molar refractivity (Wildman–Crippen MR) is 64.3 cm³/mol. The highest BCUT2D eigenvalue weighted by molar-refractivity contribution is 6.20. The van der Waals surface area contributed by atoms with Crippen LogP contribution in [-0.4, -0.2) is 5.38 Å². The molecule has 0 amide bonds. The molecule has 0 heterocycles. The van der Waals surface area contributed by atoms with Gasteiger partial charge in [0.1, 0.15) is 5.82 Å². The predicted octanol–water partition coefficient (Wildman–Crippen LogP) is 5.18. The number of aryl methyl sites for hydroxylation is 1. The molecule has 18 heavy (non-hydrogen) atoms. The standard InChI is InChI=1S/C13H15ClF4/c1-2-3-10(14)6-4-9-5-7-12(15)11(8-9)13(16,17)18/h5,7-8,10H,2-4,6H2,1H3. The Bertz CT molecular complexity index is 387. The van der Waals surface area contributed by atoms with E-state index >= 15 is 0 Å². The van der Waals surface area contributed by atoms with Crippen molar-refractivity contribution >= 4 is 11.6 Å². The molecule has 0 saturated carbocycles. The Morgan fingerprint density at radius 1 is 1.22 bits per heavy atom. The maximum absolute atomic E-state index is 13.0. The van der Waals surface area contributed by atoms with Crippen LogP contribution in [0.1, 0.15) is 37.3 Å². The molecule has 1 aromatic rings. The topological polar surface area (TPSA) is 0 Å². The molecule has 0 nitrogen and oxygen atoms in total. The third-order valence-electron chi connectivity index (χ3n) is 2.68. The zero-order valence-corrected chi connectivity index (χ0v) is 10.8. The zero-order valence-electron chi connectivity index (χ0n) is 10.0. The van der Waals surface area contributed by atoms with Crippen LogP contribution >= 0.6 is 11.6 Å². The molecule has 0 fully saturated rings. The van der Waals surface area contributed by atoms with E-state index in [-0.39, 0.29) is 5.38 Å². The van der Waals surface area contributed by atoms with Crippen molar-refractivity contribution in [3.63, 3.8) is 0 Å². The first-order valence-corrected chi connectivity index (χ1v) is 6.28. The summed E-state index contributed by atoms with van der Waals surface area (Å²) in [5.74, 6) is -1.23. The summed E-state index contributed by atoms with van der Waals surface area (Å²) >= 11 is 6.00. The van der Waals surface area contributed by atoms with Crippen LogP contribution in [0.25, 0.3) is 0 Å². The summed E-state index contributed by atoms with van der Waals surface area (Å²) < 4.78 is 50.5. The molecule has 1 unspecified atom stereocenters. The molecule has 1 aromatic carbocycles. The highest BCUT2D eigenvalue weighted by Crippen LogP contribution is 2.32. The summed E-state index contributed by atoms with van der Waals surface area (Å²) in [4.78, 5) is 0. The first-order chi connectivity index (χ1) is 8.34. The number of hydrogen-bond donors (Lipinski definition) is 0. The molecule has 0 saturated heterocycles. The molecule has 0 aliphatic rings. The lowest BCUT2D eigenvalue weighted by Gasteiger charge is -2.11. The fourth-order valence-electron chi connectivity index (χ4n) is 1.73. The van der Waals surface area contributed by atoms with E-state index in [1.165, 1.54) is 6.07 Å². The number of hydrogen-bond acceptors (Lipinski definition) is 0. The summed E-state index contributed by atoms with van der Waals surface area (Å²) in [5.41, 5.74) is -0.743. The van der Waals surface area contributed by atoms with Crippen LogP contribution in [0.5, 0.6) is 0 Å². The van der Waals surface area contributed by atoms with E-state index in [0.717, 1.165) is 25.0 Å². The maximum atomic E-state index is 13.0. The summed E-state index contributed by atoms with van der Waals surface area (Å²) in [6, 6.07) is 3.10. The Kier molecular flexibility index (Phi) is 5.45. The number of halogens is 5. The second-order valence-electron chi connectivity index (χ2n) is 4.24. The average molecular weight is 283 g/mol. The fourth-order valence-corrected chi connectivity index (χ4v) is 2.05. The maximum Gasteiger partial charge on any atom is 0.419 e. The largest absolute Gasteiger partial charge is 0.419 e. The third-order valence-corrected chi connectivity index (χ3v) is 3.12. The molecule has 102 valence electrons. The number of benzene rings is 1. The van der Waals surface area contributed by atoms with Crippen LogP contribution in [-0.2, 0) is 12.6 Å². The molecule has 0 N–H and O–H groups in total. The third kappa shape index (κ3) is 4.48. The lowest BCUT2D eigenvalue weighted by molar-refractivity contribution is -0.140. The van der Waals surface area contributed by atoms with Gasteiger partial charge in [0.25, 0.3) is 0 Å². The molecule has 0 aliphatic heterocycles. The molecule has 0 spiro atoms. The van der Waals surface area contributed by atoms with Crippen molar-refractivity contribution in [3.05, 3.63) is 35.1 Å². The summed E-state index contributed by atoms with van der Waals surface area (Å²) in [7, 11) is 0. The van der Waals surface area contributed by atoms with Gasteiger partial charge in [0.05, 0.1) is 5.56 Å². The Morgan fingerprint density at radius 3 is 2.44 bits per heavy atom. The minimum atomic E-state index is -4.65. The van der Waals surface area contributed by atoms with Gasteiger partial charge in [-0.25, -0.2) is 4.39 Å². The van der Waals surface area contributed by atoms with Crippen molar-refractivity contribution in [3.8, 4) is 0 Å². The van der Waals surface area contributed by atoms with Crippen LogP contribution in [0.2, 0.25) is 0 Å². The van der Waals surface area contributed by atoms with Crippen LogP contribution in [0.15, 0.2) is 18.2 Å². The molecule has 0 radical (unpaired) electrons. The average Bonchev–Trinajstić information content (AvgIpc) is 2.27. The van der Waals surface area contributed by atoms with Crippen molar-refractivity contribution in [2.24, 2.45) is 0 Å². The van der Waals surface area contributed by atoms with Gasteiger partial charge in [-0.1, -0.05) is 19.4 Å². The van der Waals surface area contributed by atoms with Gasteiger partial charge in [-0.2, -0.15) is 13.2 Å². The molecule has 1 atom stereocenters. The SMILES string of the molecule is CCCC(Cl)CCc1ccc(F)c(C(F)(F)F)c1. The number of alkyl halides is 4. The van der Waals surface area contributed by atoms with Crippen LogP contribution in [0.3, 0.4) is 0 Å². The van der Waals surface area contributed by atoms with Gasteiger partial charge in [-0.3, -0.25) is 0 Å². The van der Waals surface area contributed by atoms with Gasteiger partial charge in [0.2, 0.25) is 0 Å². The van der Waals surface area contributed by atoms with Gasteiger partial charge in [-0.15, -0.1) is 11.6 Å². The Morgan fingerprint density at radius 2 is 1.89 bits per heavy atom. The van der Waals surface area contributed by atoms with Gasteiger partial charge in [-0.05, 0) is 37.0 Å². The summed E-state index contributed by atoms with van der Waals surface area (Å²) in [6.45, 7) is 2.00. The van der Waals surface area contributed by atoms with Crippen molar-refractivity contribution < 1.29 is 17.6 Å². The van der Waals surface area contributed by atoms with Crippen molar-refractivity contribution in [2.75, 3.05) is 0 Å². The lowest BCUT2D eigenvalue weighted by Crippen LogP contribution is -2.09. The molecule has 0 aromatic heterocycles. The number of rotatable bonds is 5. The van der Waals surface area contributed by atoms with E-state index in [1.54, 1.807) is 0 Å². The quantitative estimate of drug-likeness (QED) is 0.515. The first kappa shape index (κ1) is 15.3. The second kappa shape index (κ2) is 6.41. The zero-order chi connectivity index (χ0) is 13.8. The van der Waals surface area contributed by atoms with E-state index in [2.05, 4.69) is 0 Å². The second-order valence-corrected chi connectivity index (χ2v) is 4.85. The minimum absolute atomic E-state index is 0.0469. The summed E-state index contributed by atoms with van der Waals surface area (Å²) in [6.07, 6.45) is -1.86. The van der Waals surface area contributed by atoms with Gasteiger partial charge in [0, 0.05) is 5.38 Å². The highest BCUT2D eigenvalue weighted by atomic mass is 35.5. The Balaban J connectivity index is 2.74. The Hall–Kier alpha value is -0.770. The molecular formula is C13H15ClF4. The van der Waals surface area contributed by atoms with E-state index in [4.69, 9.17) is 11.6 Å². The minimum Gasteiger partial charge on any atom is -0.206 e. The lowest BCUT2D eigenvalue weighted by atomic mass is 10.0. The van der Waals surface area contributed by atoms with Crippen LogP contribution in [0.4, 0.5) is 17.6 Å². The van der Waals surface area contributed by atoms with E-state index < -0.39 is 17.6 Å². The fraction of sp³-hybridized carbons (Fsp3) is 0.538. The molecule has 5 heteroatoms.